The van der Waals surface area contributed by atoms with Crippen LogP contribution in [0.5, 0.6) is 0 Å². The summed E-state index contributed by atoms with van der Waals surface area (Å²) in [6, 6.07) is 0. The highest BCUT2D eigenvalue weighted by atomic mass is 15.0. The van der Waals surface area contributed by atoms with E-state index < -0.39 is 0 Å². The average molecular weight is 173 g/mol. The van der Waals surface area contributed by atoms with Crippen LogP contribution in [0.1, 0.15) is 20.3 Å². The van der Waals surface area contributed by atoms with Gasteiger partial charge in [0.1, 0.15) is 0 Å². The lowest BCUT2D eigenvalue weighted by Gasteiger charge is -1.99. The monoisotopic (exact) mass is 173 g/mol. The minimum Gasteiger partial charge on any atom is -0.314 e. The summed E-state index contributed by atoms with van der Waals surface area (Å²) in [6.45, 7) is 10.8. The molecule has 3 nitrogen and oxygen atoms in total. The van der Waals surface area contributed by atoms with Gasteiger partial charge < -0.3 is 16.0 Å². The minimum absolute atomic E-state index is 1.10. The quantitative estimate of drug-likeness (QED) is 0.489. The number of nitrogens with one attached hydrogen (secondary N) is 3. The molecule has 1 fully saturated rings. The zero-order valence-corrected chi connectivity index (χ0v) is 8.45. The predicted molar refractivity (Wildman–Crippen MR) is 54.6 cm³/mol. The summed E-state index contributed by atoms with van der Waals surface area (Å²) in [7, 11) is 0. The van der Waals surface area contributed by atoms with Gasteiger partial charge in [0, 0.05) is 39.3 Å². The summed E-state index contributed by atoms with van der Waals surface area (Å²) < 4.78 is 0. The first-order chi connectivity index (χ1) is 5.91. The van der Waals surface area contributed by atoms with Gasteiger partial charge in [0.15, 0.2) is 0 Å². The maximum Gasteiger partial charge on any atom is 0.00772 e. The van der Waals surface area contributed by atoms with E-state index in [2.05, 4.69) is 29.8 Å². The molecule has 0 unspecified atom stereocenters. The van der Waals surface area contributed by atoms with E-state index in [9.17, 15) is 0 Å². The van der Waals surface area contributed by atoms with Crippen molar-refractivity contribution in [2.45, 2.75) is 20.3 Å². The second-order valence-electron chi connectivity index (χ2n) is 2.96. The second-order valence-corrected chi connectivity index (χ2v) is 2.96. The largest absolute Gasteiger partial charge is 0.314 e. The molecule has 0 radical (unpaired) electrons. The lowest BCUT2D eigenvalue weighted by atomic mass is 10.6. The van der Waals surface area contributed by atoms with Crippen molar-refractivity contribution in [1.29, 1.82) is 0 Å². The van der Waals surface area contributed by atoms with Crippen LogP contribution in [0.3, 0.4) is 0 Å². The fourth-order valence-electron chi connectivity index (χ4n) is 0.905. The Bertz CT molecular complexity index is 47.6. The first-order valence-corrected chi connectivity index (χ1v) is 5.04. The van der Waals surface area contributed by atoms with Crippen molar-refractivity contribution in [1.82, 2.24) is 16.0 Å². The summed E-state index contributed by atoms with van der Waals surface area (Å²) in [4.78, 5) is 0. The van der Waals surface area contributed by atoms with Gasteiger partial charge in [-0.05, 0) is 0 Å². The minimum atomic E-state index is 1.10. The van der Waals surface area contributed by atoms with E-state index in [-0.39, 0.29) is 0 Å². The Kier molecular flexibility index (Phi) is 10.8. The SMILES string of the molecule is C1CNCCNCCN1.CCC. The standard InChI is InChI=1S/C6H15N3.C3H8/c1-2-8-5-6-9-4-3-7-1;1-3-2/h7-9H,1-6H2;3H2,1-2H3. The van der Waals surface area contributed by atoms with Crippen LogP contribution in [0.2, 0.25) is 0 Å². The smallest absolute Gasteiger partial charge is 0.00772 e. The van der Waals surface area contributed by atoms with E-state index in [4.69, 9.17) is 0 Å². The Balaban J connectivity index is 0.000000354. The van der Waals surface area contributed by atoms with Crippen molar-refractivity contribution in [3.05, 3.63) is 0 Å². The molecular weight excluding hydrogens is 150 g/mol. The molecule has 1 aliphatic rings. The van der Waals surface area contributed by atoms with Gasteiger partial charge in [0.2, 0.25) is 0 Å². The maximum atomic E-state index is 3.30. The van der Waals surface area contributed by atoms with Gasteiger partial charge in [0.05, 0.1) is 0 Å². The van der Waals surface area contributed by atoms with E-state index in [1.54, 1.807) is 0 Å². The molecule has 0 saturated carbocycles. The third-order valence-electron chi connectivity index (χ3n) is 1.44. The lowest BCUT2D eigenvalue weighted by molar-refractivity contribution is 0.652. The zero-order chi connectivity index (χ0) is 9.07. The maximum absolute atomic E-state index is 3.30. The van der Waals surface area contributed by atoms with Crippen LogP contribution in [0.25, 0.3) is 0 Å². The Hall–Kier alpha value is -0.120. The van der Waals surface area contributed by atoms with Crippen LogP contribution in [0, 0.1) is 0 Å². The van der Waals surface area contributed by atoms with Gasteiger partial charge in [0.25, 0.3) is 0 Å². The molecular formula is C9H23N3. The summed E-state index contributed by atoms with van der Waals surface area (Å²) in [5, 5.41) is 9.91. The van der Waals surface area contributed by atoms with Gasteiger partial charge in [-0.1, -0.05) is 20.3 Å². The fourth-order valence-corrected chi connectivity index (χ4v) is 0.905. The molecule has 0 atom stereocenters. The Labute approximate surface area is 76.3 Å². The van der Waals surface area contributed by atoms with Crippen molar-refractivity contribution < 1.29 is 0 Å². The highest BCUT2D eigenvalue weighted by Crippen LogP contribution is 1.65. The fraction of sp³-hybridized carbons (Fsp3) is 1.00. The molecule has 74 valence electrons. The first-order valence-electron chi connectivity index (χ1n) is 5.04. The van der Waals surface area contributed by atoms with Crippen LogP contribution in [-0.2, 0) is 0 Å². The summed E-state index contributed by atoms with van der Waals surface area (Å²) >= 11 is 0. The number of hydrogen-bond donors (Lipinski definition) is 3. The molecule has 0 spiro atoms. The zero-order valence-electron chi connectivity index (χ0n) is 8.45. The molecule has 0 aliphatic carbocycles. The van der Waals surface area contributed by atoms with Crippen LogP contribution >= 0.6 is 0 Å². The molecule has 0 aromatic heterocycles. The van der Waals surface area contributed by atoms with Crippen molar-refractivity contribution in [3.63, 3.8) is 0 Å². The first kappa shape index (κ1) is 11.9. The highest BCUT2D eigenvalue weighted by Gasteiger charge is 1.91. The molecule has 12 heavy (non-hydrogen) atoms. The van der Waals surface area contributed by atoms with Crippen molar-refractivity contribution >= 4 is 0 Å². The van der Waals surface area contributed by atoms with Crippen molar-refractivity contribution in [2.24, 2.45) is 0 Å². The average Bonchev–Trinajstić information content (AvgIpc) is 2.19. The number of hydrogen-bond acceptors (Lipinski definition) is 3. The van der Waals surface area contributed by atoms with Crippen molar-refractivity contribution in [2.75, 3.05) is 39.3 Å². The van der Waals surface area contributed by atoms with Gasteiger partial charge in [-0.2, -0.15) is 0 Å². The summed E-state index contributed by atoms with van der Waals surface area (Å²) in [6.07, 6.45) is 1.25. The third-order valence-corrected chi connectivity index (χ3v) is 1.44. The normalized spacial score (nSPS) is 19.5. The highest BCUT2D eigenvalue weighted by molar-refractivity contribution is 4.59. The molecule has 1 heterocycles. The Morgan fingerprint density at radius 2 is 0.833 bits per heavy atom. The van der Waals surface area contributed by atoms with Crippen LogP contribution in [0.4, 0.5) is 0 Å². The molecule has 1 rings (SSSR count). The second kappa shape index (κ2) is 10.9. The van der Waals surface area contributed by atoms with Gasteiger partial charge in [-0.3, -0.25) is 0 Å². The van der Waals surface area contributed by atoms with E-state index >= 15 is 0 Å². The van der Waals surface area contributed by atoms with E-state index in [1.807, 2.05) is 0 Å². The van der Waals surface area contributed by atoms with Gasteiger partial charge >= 0.3 is 0 Å². The molecule has 0 amide bonds. The number of rotatable bonds is 0. The van der Waals surface area contributed by atoms with Gasteiger partial charge in [-0.15, -0.1) is 0 Å². The molecule has 1 aliphatic heterocycles. The predicted octanol–water partition coefficient (Wildman–Crippen LogP) is 0.185. The molecule has 0 aromatic carbocycles. The van der Waals surface area contributed by atoms with Crippen molar-refractivity contribution in [3.8, 4) is 0 Å². The topological polar surface area (TPSA) is 36.1 Å². The summed E-state index contributed by atoms with van der Waals surface area (Å²) in [5.41, 5.74) is 0. The van der Waals surface area contributed by atoms with E-state index in [0.717, 1.165) is 39.3 Å². The summed E-state index contributed by atoms with van der Waals surface area (Å²) in [5.74, 6) is 0. The molecule has 0 aromatic rings. The molecule has 1 saturated heterocycles. The lowest BCUT2D eigenvalue weighted by Crippen LogP contribution is -2.27. The third kappa shape index (κ3) is 9.88. The van der Waals surface area contributed by atoms with E-state index in [0.29, 0.717) is 0 Å². The molecule has 3 heteroatoms. The van der Waals surface area contributed by atoms with Crippen LogP contribution in [0.15, 0.2) is 0 Å². The van der Waals surface area contributed by atoms with Crippen LogP contribution < -0.4 is 16.0 Å². The Morgan fingerprint density at radius 1 is 0.667 bits per heavy atom. The Morgan fingerprint density at radius 3 is 1.00 bits per heavy atom. The molecule has 0 bridgehead atoms. The van der Waals surface area contributed by atoms with Gasteiger partial charge in [-0.25, -0.2) is 0 Å². The molecule has 3 N–H and O–H groups in total. The van der Waals surface area contributed by atoms with Crippen LogP contribution in [-0.4, -0.2) is 39.3 Å². The van der Waals surface area contributed by atoms with E-state index in [1.165, 1.54) is 6.42 Å².